The summed E-state index contributed by atoms with van der Waals surface area (Å²) < 4.78 is 22.5. The van der Waals surface area contributed by atoms with Crippen molar-refractivity contribution in [1.82, 2.24) is 5.32 Å². The highest BCUT2D eigenvalue weighted by Crippen LogP contribution is 2.41. The largest absolute Gasteiger partial charge is 0.463 e. The van der Waals surface area contributed by atoms with Crippen LogP contribution >= 0.6 is 66.7 Å². The second-order valence-corrected chi connectivity index (χ2v) is 10.6. The topological polar surface area (TPSA) is 126 Å². The number of nitrogens with one attached hydrogen (secondary N) is 1. The molecule has 0 spiro atoms. The van der Waals surface area contributed by atoms with Crippen molar-refractivity contribution < 1.29 is 42.9 Å². The van der Waals surface area contributed by atoms with Crippen LogP contribution in [0.4, 0.5) is 4.79 Å². The molecule has 0 radical (unpaired) electrons. The van der Waals surface area contributed by atoms with Crippen molar-refractivity contribution >= 4 is 90.7 Å². The summed E-state index contributed by atoms with van der Waals surface area (Å²) in [5.74, 6) is -2.11. The van der Waals surface area contributed by atoms with Gasteiger partial charge in [-0.25, -0.2) is 4.79 Å². The molecule has 1 rings (SSSR count). The smallest absolute Gasteiger partial charge is 0.408 e. The lowest BCUT2D eigenvalue weighted by Crippen LogP contribution is -2.70. The maximum atomic E-state index is 12.2. The van der Waals surface area contributed by atoms with E-state index >= 15 is 0 Å². The van der Waals surface area contributed by atoms with Gasteiger partial charge in [0.25, 0.3) is 0 Å². The van der Waals surface area contributed by atoms with Gasteiger partial charge in [-0.1, -0.05) is 66.7 Å². The molecule has 1 unspecified atom stereocenters. The van der Waals surface area contributed by atoms with Crippen LogP contribution < -0.4 is 5.32 Å². The minimum absolute atomic E-state index is 0.325. The number of amides is 1. The zero-order valence-corrected chi connectivity index (χ0v) is 21.2. The SMILES string of the molecule is CC(=O)OC[C@H]1O[C@H](Br)C(Br)(NC(=O)OCC(Cl)(Cl)Cl)[C@@H](OC(C)=O)[C@@H]1OC(C)=O. The van der Waals surface area contributed by atoms with Gasteiger partial charge in [0.15, 0.2) is 16.7 Å². The van der Waals surface area contributed by atoms with Crippen LogP contribution in [0.2, 0.25) is 0 Å². The van der Waals surface area contributed by atoms with Crippen molar-refractivity contribution in [2.24, 2.45) is 0 Å². The van der Waals surface area contributed by atoms with Crippen molar-refractivity contribution in [2.45, 2.75) is 52.3 Å². The summed E-state index contributed by atoms with van der Waals surface area (Å²) in [4.78, 5) is 46.8. The Hall–Kier alpha value is -0.530. The first-order valence-corrected chi connectivity index (χ1v) is 11.0. The number of carbonyl (C=O) groups excluding carboxylic acids is 4. The van der Waals surface area contributed by atoms with Crippen LogP contribution in [-0.2, 0) is 38.1 Å². The summed E-state index contributed by atoms with van der Waals surface area (Å²) in [5, 5.41) is 1.31. The van der Waals surface area contributed by atoms with Gasteiger partial charge in [0, 0.05) is 20.8 Å². The van der Waals surface area contributed by atoms with Crippen molar-refractivity contribution in [3.8, 4) is 0 Å². The molecule has 1 heterocycles. The fraction of sp³-hybridized carbons (Fsp3) is 0.733. The molecule has 172 valence electrons. The van der Waals surface area contributed by atoms with Crippen LogP contribution in [-0.4, -0.2) is 68.8 Å². The lowest BCUT2D eigenvalue weighted by Gasteiger charge is -2.48. The Morgan fingerprint density at radius 3 is 2.07 bits per heavy atom. The second kappa shape index (κ2) is 11.4. The fourth-order valence-electron chi connectivity index (χ4n) is 2.36. The molecule has 0 aromatic heterocycles. The number of rotatable bonds is 6. The summed E-state index contributed by atoms with van der Waals surface area (Å²) in [5.41, 5.74) is 0. The van der Waals surface area contributed by atoms with Crippen molar-refractivity contribution in [3.63, 3.8) is 0 Å². The molecule has 1 fully saturated rings. The first kappa shape index (κ1) is 27.5. The molecule has 5 atom stereocenters. The predicted octanol–water partition coefficient (Wildman–Crippen LogP) is 2.72. The number of halogens is 5. The molecule has 1 aliphatic rings. The Labute approximate surface area is 203 Å². The molecule has 1 amide bonds. The van der Waals surface area contributed by atoms with Gasteiger partial charge < -0.3 is 23.7 Å². The standard InChI is InChI=1S/C15H18Br2Cl3NO9/c1-6(22)26-4-9-10(28-7(2)23)11(29-8(3)24)15(17,12(16)30-9)21-13(25)27-5-14(18,19)20/h9-12H,4-5H2,1-3H3,(H,21,25)/t9-,10-,11+,12+,15?/m1/s1. The van der Waals surface area contributed by atoms with E-state index in [1.807, 2.05) is 0 Å². The van der Waals surface area contributed by atoms with Crippen LogP contribution in [0.15, 0.2) is 0 Å². The zero-order valence-electron chi connectivity index (χ0n) is 15.8. The third-order valence-electron chi connectivity index (χ3n) is 3.41. The van der Waals surface area contributed by atoms with Gasteiger partial charge in [0.2, 0.25) is 3.79 Å². The number of hydrogen-bond donors (Lipinski definition) is 1. The molecule has 0 aliphatic carbocycles. The van der Waals surface area contributed by atoms with Crippen molar-refractivity contribution in [3.05, 3.63) is 0 Å². The average molecular weight is 622 g/mol. The van der Waals surface area contributed by atoms with Crippen LogP contribution in [0.1, 0.15) is 20.8 Å². The Bertz CT molecular complexity index is 678. The van der Waals surface area contributed by atoms with E-state index in [0.29, 0.717) is 0 Å². The molecule has 10 nitrogen and oxygen atoms in total. The summed E-state index contributed by atoms with van der Waals surface area (Å²) in [6.07, 6.45) is -4.75. The van der Waals surface area contributed by atoms with E-state index in [2.05, 4.69) is 37.2 Å². The van der Waals surface area contributed by atoms with Gasteiger partial charge in [-0.15, -0.1) is 0 Å². The lowest BCUT2D eigenvalue weighted by atomic mass is 9.97. The molecular weight excluding hydrogens is 604 g/mol. The number of ether oxygens (including phenoxy) is 5. The Balaban J connectivity index is 3.21. The molecule has 1 saturated heterocycles. The Morgan fingerprint density at radius 1 is 1.03 bits per heavy atom. The summed E-state index contributed by atoms with van der Waals surface area (Å²) >= 11 is 23.1. The third kappa shape index (κ3) is 8.54. The molecule has 0 aromatic rings. The fourth-order valence-corrected chi connectivity index (χ4v) is 3.80. The van der Waals surface area contributed by atoms with E-state index < -0.39 is 62.2 Å². The van der Waals surface area contributed by atoms with Crippen molar-refractivity contribution in [2.75, 3.05) is 13.2 Å². The van der Waals surface area contributed by atoms with Gasteiger partial charge in [0.1, 0.15) is 24.3 Å². The summed E-state index contributed by atoms with van der Waals surface area (Å²) in [6.45, 7) is 2.50. The van der Waals surface area contributed by atoms with Crippen LogP contribution in [0.25, 0.3) is 0 Å². The minimum atomic E-state index is -1.86. The highest BCUT2D eigenvalue weighted by Gasteiger charge is 2.59. The van der Waals surface area contributed by atoms with Gasteiger partial charge in [0.05, 0.1) is 0 Å². The first-order chi connectivity index (χ1) is 13.7. The number of esters is 3. The number of hydrogen-bond acceptors (Lipinski definition) is 9. The minimum Gasteiger partial charge on any atom is -0.463 e. The highest BCUT2D eigenvalue weighted by atomic mass is 79.9. The van der Waals surface area contributed by atoms with E-state index in [1.54, 1.807) is 0 Å². The normalized spacial score (nSPS) is 28.8. The quantitative estimate of drug-likeness (QED) is 0.206. The van der Waals surface area contributed by atoms with E-state index in [1.165, 1.54) is 6.92 Å². The van der Waals surface area contributed by atoms with Crippen LogP contribution in [0, 0.1) is 0 Å². The Morgan fingerprint density at radius 2 is 1.60 bits per heavy atom. The number of carbonyl (C=O) groups is 4. The lowest BCUT2D eigenvalue weighted by molar-refractivity contribution is -0.213. The zero-order chi connectivity index (χ0) is 23.3. The number of alkyl carbamates (subject to hydrolysis) is 1. The van der Waals surface area contributed by atoms with Gasteiger partial charge in [-0.05, 0) is 0 Å². The predicted molar refractivity (Wildman–Crippen MR) is 112 cm³/mol. The van der Waals surface area contributed by atoms with E-state index in [4.69, 9.17) is 58.5 Å². The molecular formula is C15H18Br2Cl3NO9. The van der Waals surface area contributed by atoms with E-state index in [9.17, 15) is 19.2 Å². The molecule has 0 aromatic carbocycles. The highest BCUT2D eigenvalue weighted by molar-refractivity contribution is 9.12. The van der Waals surface area contributed by atoms with Gasteiger partial charge in [-0.2, -0.15) is 0 Å². The molecule has 0 bridgehead atoms. The molecule has 15 heteroatoms. The Kier molecular flexibility index (Phi) is 10.4. The first-order valence-electron chi connectivity index (χ1n) is 8.13. The van der Waals surface area contributed by atoms with E-state index in [0.717, 1.165) is 13.8 Å². The number of alkyl halides is 5. The van der Waals surface area contributed by atoms with Crippen LogP contribution in [0.3, 0.4) is 0 Å². The maximum absolute atomic E-state index is 12.2. The van der Waals surface area contributed by atoms with E-state index in [-0.39, 0.29) is 6.61 Å². The monoisotopic (exact) mass is 619 g/mol. The third-order valence-corrected chi connectivity index (χ3v) is 6.35. The molecule has 1 N–H and O–H groups in total. The molecule has 1 aliphatic heterocycles. The van der Waals surface area contributed by atoms with Crippen molar-refractivity contribution in [1.29, 1.82) is 0 Å². The second-order valence-electron chi connectivity index (χ2n) is 5.98. The van der Waals surface area contributed by atoms with Crippen LogP contribution in [0.5, 0.6) is 0 Å². The summed E-state index contributed by atoms with van der Waals surface area (Å²) in [7, 11) is 0. The summed E-state index contributed by atoms with van der Waals surface area (Å²) in [6, 6.07) is 0. The maximum Gasteiger partial charge on any atom is 0.408 e. The van der Waals surface area contributed by atoms with Gasteiger partial charge in [-0.3, -0.25) is 19.7 Å². The molecule has 30 heavy (non-hydrogen) atoms. The van der Waals surface area contributed by atoms with Gasteiger partial charge >= 0.3 is 24.0 Å². The molecule has 0 saturated carbocycles. The average Bonchev–Trinajstić information content (AvgIpc) is 2.57.